The van der Waals surface area contributed by atoms with Crippen molar-refractivity contribution >= 4 is 30.8 Å². The number of phenols is 1. The van der Waals surface area contributed by atoms with Gasteiger partial charge in [-0.2, -0.15) is 0 Å². The van der Waals surface area contributed by atoms with E-state index in [-0.39, 0.29) is 40.7 Å². The summed E-state index contributed by atoms with van der Waals surface area (Å²) in [4.78, 5) is 48.1. The zero-order valence-corrected chi connectivity index (χ0v) is 30.4. The summed E-state index contributed by atoms with van der Waals surface area (Å²) in [6.07, 6.45) is 18.7. The number of hydrogen-bond acceptors (Lipinski definition) is 10. The molecule has 3 aromatic rings. The van der Waals surface area contributed by atoms with Crippen LogP contribution in [-0.2, 0) is 23.6 Å². The van der Waals surface area contributed by atoms with Gasteiger partial charge in [-0.1, -0.05) is 68.5 Å². The van der Waals surface area contributed by atoms with Gasteiger partial charge in [-0.25, -0.2) is 4.98 Å². The predicted molar refractivity (Wildman–Crippen MR) is 203 cm³/mol. The molecule has 2 amide bonds. The number of allylic oxidation sites excluding steroid dienone is 8. The maximum atomic E-state index is 14.5. The van der Waals surface area contributed by atoms with Crippen molar-refractivity contribution in [2.45, 2.75) is 44.1 Å². The minimum Gasteiger partial charge on any atom is -0.524 e. The van der Waals surface area contributed by atoms with Crippen molar-refractivity contribution in [2.24, 2.45) is 5.92 Å². The molecule has 54 heavy (non-hydrogen) atoms. The topological polar surface area (TPSA) is 158 Å². The number of ketones is 1. The fourth-order valence-corrected chi connectivity index (χ4v) is 6.30. The van der Waals surface area contributed by atoms with Crippen LogP contribution in [0.2, 0.25) is 0 Å². The lowest BCUT2D eigenvalue weighted by atomic mass is 9.72. The summed E-state index contributed by atoms with van der Waals surface area (Å²) >= 11 is 0. The van der Waals surface area contributed by atoms with Gasteiger partial charge < -0.3 is 34.5 Å². The first-order valence-electron chi connectivity index (χ1n) is 17.5. The second-order valence-electron chi connectivity index (χ2n) is 13.5. The Morgan fingerprint density at radius 2 is 1.85 bits per heavy atom. The largest absolute Gasteiger partial charge is 0.618 e. The molecule has 13 heteroatoms. The van der Waals surface area contributed by atoms with Crippen molar-refractivity contribution in [3.05, 3.63) is 149 Å². The average Bonchev–Trinajstić information content (AvgIpc) is 3.92. The van der Waals surface area contributed by atoms with Crippen LogP contribution < -0.4 is 15.4 Å². The highest BCUT2D eigenvalue weighted by atomic mass is 16.6. The lowest BCUT2D eigenvalue weighted by Crippen LogP contribution is -2.57. The molecular weight excluding hydrogens is 687 g/mol. The van der Waals surface area contributed by atoms with Gasteiger partial charge in [0.15, 0.2) is 17.3 Å². The number of benzene rings is 2. The van der Waals surface area contributed by atoms with Gasteiger partial charge >= 0.3 is 7.12 Å². The van der Waals surface area contributed by atoms with Crippen LogP contribution in [0.5, 0.6) is 11.5 Å². The Balaban J connectivity index is 1.31. The Kier molecular flexibility index (Phi) is 11.5. The highest BCUT2D eigenvalue weighted by molar-refractivity contribution is 6.48. The van der Waals surface area contributed by atoms with Crippen LogP contribution >= 0.6 is 0 Å². The van der Waals surface area contributed by atoms with Gasteiger partial charge in [0.25, 0.3) is 5.91 Å². The normalized spacial score (nSPS) is 21.2. The number of rotatable bonds is 13. The van der Waals surface area contributed by atoms with Gasteiger partial charge in [0, 0.05) is 24.4 Å². The third kappa shape index (κ3) is 8.80. The Bertz CT molecular complexity index is 2080. The Labute approximate surface area is 314 Å². The summed E-state index contributed by atoms with van der Waals surface area (Å²) in [6.45, 7) is 4.06. The summed E-state index contributed by atoms with van der Waals surface area (Å²) < 4.78 is 23.3. The molecule has 3 N–H and O–H groups in total. The number of aromatic hydroxyl groups is 1. The van der Waals surface area contributed by atoms with Crippen LogP contribution in [0.3, 0.4) is 0 Å². The van der Waals surface area contributed by atoms with Crippen LogP contribution in [0.1, 0.15) is 54.2 Å². The Hall–Kier alpha value is -6.37. The molecule has 3 atom stereocenters. The quantitative estimate of drug-likeness (QED) is 0.191. The first kappa shape index (κ1) is 37.4. The highest BCUT2D eigenvalue weighted by Crippen LogP contribution is 2.52. The summed E-state index contributed by atoms with van der Waals surface area (Å²) in [5.41, 5.74) is 1.22. The van der Waals surface area contributed by atoms with Gasteiger partial charge in [-0.05, 0) is 71.9 Å². The molecule has 1 fully saturated rings. The summed E-state index contributed by atoms with van der Waals surface area (Å²) in [7, 11) is 1.94. The number of nitrogens with one attached hydrogen (secondary N) is 2. The molecule has 12 nitrogen and oxygen atoms in total. The van der Waals surface area contributed by atoms with E-state index in [0.717, 1.165) is 11.1 Å². The number of hydrogen-bond donors (Lipinski definition) is 3. The van der Waals surface area contributed by atoms with E-state index >= 15 is 0 Å². The van der Waals surface area contributed by atoms with Gasteiger partial charge in [0.2, 0.25) is 11.7 Å². The molecule has 6 rings (SSSR count). The van der Waals surface area contributed by atoms with Crippen LogP contribution in [0.4, 0.5) is 0 Å². The predicted octanol–water partition coefficient (Wildman–Crippen LogP) is 5.53. The third-order valence-electron chi connectivity index (χ3n) is 9.13. The molecule has 2 heterocycles. The Morgan fingerprint density at radius 1 is 1.04 bits per heavy atom. The molecule has 0 radical (unpaired) electrons. The fraction of sp³-hybridized carbons (Fsp3) is 0.244. The van der Waals surface area contributed by atoms with Crippen molar-refractivity contribution in [3.63, 3.8) is 0 Å². The van der Waals surface area contributed by atoms with E-state index in [1.807, 2.05) is 44.2 Å². The SMILES string of the molecule is COC1=C/C(=C/C=C2C=C(/C=C/c3ccc(O)c(OC)c3)OB([C@H](CC(C)C)NC(=O)C3(NC(=O)c4cnccn4)C[C@H]3c3ccccc3)O/2)C=CC1=O. The van der Waals surface area contributed by atoms with Gasteiger partial charge in [0.1, 0.15) is 22.8 Å². The first-order valence-corrected chi connectivity index (χ1v) is 17.5. The summed E-state index contributed by atoms with van der Waals surface area (Å²) in [5.74, 6) is -0.525. The number of carbonyl (C=O) groups is 3. The van der Waals surface area contributed by atoms with Gasteiger partial charge in [-0.3, -0.25) is 19.4 Å². The highest BCUT2D eigenvalue weighted by Gasteiger charge is 2.62. The van der Waals surface area contributed by atoms with Crippen molar-refractivity contribution < 1.29 is 38.3 Å². The molecule has 1 saturated carbocycles. The maximum absolute atomic E-state index is 14.5. The number of nitrogens with zero attached hydrogens (tertiary/aromatic N) is 2. The average molecular weight is 729 g/mol. The van der Waals surface area contributed by atoms with E-state index in [9.17, 15) is 19.5 Å². The minimum absolute atomic E-state index is 0.0155. The van der Waals surface area contributed by atoms with Crippen LogP contribution in [0.15, 0.2) is 133 Å². The van der Waals surface area contributed by atoms with E-state index in [0.29, 0.717) is 35.7 Å². The van der Waals surface area contributed by atoms with Crippen molar-refractivity contribution in [3.8, 4) is 11.5 Å². The third-order valence-corrected chi connectivity index (χ3v) is 9.13. The van der Waals surface area contributed by atoms with E-state index in [1.54, 1.807) is 54.7 Å². The molecule has 3 aliphatic rings. The number of ether oxygens (including phenoxy) is 2. The number of carbonyl (C=O) groups excluding carboxylic acids is 3. The number of aromatic nitrogens is 2. The lowest BCUT2D eigenvalue weighted by molar-refractivity contribution is -0.124. The molecule has 2 aromatic carbocycles. The summed E-state index contributed by atoms with van der Waals surface area (Å²) in [6, 6.07) is 14.5. The van der Waals surface area contributed by atoms with Crippen LogP contribution in [-0.4, -0.2) is 65.5 Å². The Morgan fingerprint density at radius 3 is 2.57 bits per heavy atom. The molecular formula is C41H41BN4O8. The molecule has 276 valence electrons. The van der Waals surface area contributed by atoms with Gasteiger partial charge in [-0.15, -0.1) is 0 Å². The van der Waals surface area contributed by atoms with Crippen molar-refractivity contribution in [2.75, 3.05) is 14.2 Å². The van der Waals surface area contributed by atoms with Gasteiger partial charge in [0.05, 0.1) is 26.4 Å². The van der Waals surface area contributed by atoms with E-state index in [4.69, 9.17) is 18.8 Å². The zero-order valence-electron chi connectivity index (χ0n) is 30.4. The molecule has 0 spiro atoms. The molecule has 1 aromatic heterocycles. The zero-order chi connectivity index (χ0) is 38.2. The monoisotopic (exact) mass is 728 g/mol. The van der Waals surface area contributed by atoms with Crippen LogP contribution in [0.25, 0.3) is 6.08 Å². The molecule has 1 aliphatic heterocycles. The molecule has 0 bridgehead atoms. The minimum atomic E-state index is -1.25. The fourth-order valence-electron chi connectivity index (χ4n) is 6.30. The molecule has 1 unspecified atom stereocenters. The summed E-state index contributed by atoms with van der Waals surface area (Å²) in [5, 5.41) is 16.2. The second-order valence-corrected chi connectivity index (χ2v) is 13.5. The van der Waals surface area contributed by atoms with Crippen LogP contribution in [0, 0.1) is 5.92 Å². The maximum Gasteiger partial charge on any atom is 0.618 e. The number of phenolic OH excluding ortho intramolecular Hbond substituents is 1. The smallest absolute Gasteiger partial charge is 0.524 e. The van der Waals surface area contributed by atoms with Crippen molar-refractivity contribution in [1.29, 1.82) is 0 Å². The lowest BCUT2D eigenvalue weighted by Gasteiger charge is -2.31. The standard InChI is InChI=1S/C41H41BN4O8/c1-26(2)20-38(45-40(50)41(24-32(41)29-8-6-5-7-9-29)46-39(49)33-25-43-18-19-44-33)42-53-30(14-10-27-12-16-34(47)36(21-27)51-3)23-31(54-42)15-11-28-13-17-35(48)37(22-28)52-4/h5-19,21-23,25-26,32,38,47H,20,24H2,1-4H3,(H,45,50)(H,46,49)/b14-10+,28-11+,31-15-/t32-,38-,41?/m0/s1. The van der Waals surface area contributed by atoms with E-state index in [2.05, 4.69) is 20.6 Å². The molecule has 0 saturated heterocycles. The first-order chi connectivity index (χ1) is 26.1. The number of methoxy groups -OCH3 is 2. The van der Waals surface area contributed by atoms with E-state index < -0.39 is 24.5 Å². The number of amides is 2. The second kappa shape index (κ2) is 16.5. The van der Waals surface area contributed by atoms with Crippen molar-refractivity contribution in [1.82, 2.24) is 20.6 Å². The van der Waals surface area contributed by atoms with E-state index in [1.165, 1.54) is 45.0 Å². The molecule has 2 aliphatic carbocycles.